The SMILES string of the molecule is O=B[O-].O=P(=O)[O-].[Ba+2]. The second-order valence-corrected chi connectivity index (χ2v) is 0.767. The van der Waals surface area contributed by atoms with E-state index in [1.54, 1.807) is 0 Å². The Morgan fingerprint density at radius 2 is 1.38 bits per heavy atom. The van der Waals surface area contributed by atoms with Gasteiger partial charge in [0, 0.05) is 0 Å². The van der Waals surface area contributed by atoms with Gasteiger partial charge in [0.1, 0.15) is 0 Å². The van der Waals surface area contributed by atoms with Crippen molar-refractivity contribution in [3.8, 4) is 0 Å². The van der Waals surface area contributed by atoms with Gasteiger partial charge in [-0.15, -0.1) is 0 Å². The fourth-order valence-electron chi connectivity index (χ4n) is 0. The smallest absolute Gasteiger partial charge is 0.744 e. The van der Waals surface area contributed by atoms with Gasteiger partial charge < -0.3 is 4.89 Å². The van der Waals surface area contributed by atoms with Crippen molar-refractivity contribution in [2.45, 2.75) is 0 Å². The molecule has 0 aromatic heterocycles. The summed E-state index contributed by atoms with van der Waals surface area (Å²) in [6.45, 7) is 0. The molecule has 0 heterocycles. The molecule has 0 saturated carbocycles. The minimum atomic E-state index is -3.37. The fraction of sp³-hybridized carbons (Fsp3) is 0. The summed E-state index contributed by atoms with van der Waals surface area (Å²) in [5.74, 6) is 0. The predicted octanol–water partition coefficient (Wildman–Crippen LogP) is -2.63. The molecule has 0 bridgehead atoms. The largest absolute Gasteiger partial charge is 2.00 e. The van der Waals surface area contributed by atoms with Crippen molar-refractivity contribution in [1.29, 1.82) is 0 Å². The maximum Gasteiger partial charge on any atom is 2.00 e. The van der Waals surface area contributed by atoms with Crippen LogP contribution in [0.15, 0.2) is 0 Å². The molecule has 0 spiro atoms. The molecule has 5 nitrogen and oxygen atoms in total. The average Bonchev–Trinajstić information content (AvgIpc) is 1.33. The molecule has 8 heteroatoms. The van der Waals surface area contributed by atoms with Crippen molar-refractivity contribution in [3.63, 3.8) is 0 Å². The molecule has 0 aromatic carbocycles. The average molecular weight is 259 g/mol. The minimum absolute atomic E-state index is 0. The third-order valence-corrected chi connectivity index (χ3v) is 0. The van der Waals surface area contributed by atoms with Crippen LogP contribution in [-0.2, 0) is 13.8 Å². The minimum Gasteiger partial charge on any atom is -0.744 e. The maximum atomic E-state index is 8.48. The van der Waals surface area contributed by atoms with Crippen LogP contribution in [0.1, 0.15) is 0 Å². The van der Waals surface area contributed by atoms with Crippen LogP contribution in [0.2, 0.25) is 0 Å². The first-order valence-electron chi connectivity index (χ1n) is 1.02. The van der Waals surface area contributed by atoms with Gasteiger partial charge in [-0.25, -0.2) is 0 Å². The van der Waals surface area contributed by atoms with Crippen LogP contribution in [0.3, 0.4) is 0 Å². The topological polar surface area (TPSA) is 97.3 Å². The third kappa shape index (κ3) is 219. The van der Waals surface area contributed by atoms with E-state index < -0.39 is 15.3 Å². The van der Waals surface area contributed by atoms with Crippen LogP contribution < -0.4 is 9.92 Å². The molecule has 0 amide bonds. The Morgan fingerprint density at radius 3 is 1.38 bits per heavy atom. The van der Waals surface area contributed by atoms with E-state index in [4.69, 9.17) is 23.8 Å². The van der Waals surface area contributed by atoms with Gasteiger partial charge in [-0.05, 0) is 0 Å². The Morgan fingerprint density at radius 1 is 1.38 bits per heavy atom. The van der Waals surface area contributed by atoms with Crippen molar-refractivity contribution in [2.24, 2.45) is 0 Å². The summed E-state index contributed by atoms with van der Waals surface area (Å²) < 4.78 is 25.2. The Balaban J connectivity index is -0.0000000575. The standard InChI is InChI=1S/BO2.Ba.HO3P/c2-1-3;;1-4(2)3/h;;(H,1,2,3)/q-1;+2;/p-1. The predicted molar refractivity (Wildman–Crippen MR) is 20.5 cm³/mol. The molecular formula is BBaO5P. The van der Waals surface area contributed by atoms with E-state index in [0.29, 0.717) is 0 Å². The van der Waals surface area contributed by atoms with Crippen LogP contribution in [0.5, 0.6) is 0 Å². The zero-order valence-corrected chi connectivity index (χ0v) is 9.11. The summed E-state index contributed by atoms with van der Waals surface area (Å²) >= 11 is 0. The number of rotatable bonds is 0. The fourth-order valence-corrected chi connectivity index (χ4v) is 0. The van der Waals surface area contributed by atoms with Gasteiger partial charge in [-0.3, -0.25) is 9.13 Å². The Kier molecular flexibility index (Phi) is 31.5. The summed E-state index contributed by atoms with van der Waals surface area (Å²) in [4.78, 5) is 8.48. The first-order chi connectivity index (χ1) is 3.15. The molecule has 0 aliphatic heterocycles. The molecule has 0 unspecified atom stereocenters. The molecule has 8 heavy (non-hydrogen) atoms. The molecule has 0 saturated heterocycles. The molecule has 40 valence electrons. The van der Waals surface area contributed by atoms with Crippen molar-refractivity contribution >= 4 is 64.1 Å². The van der Waals surface area contributed by atoms with Gasteiger partial charge in [0.05, 0.1) is 0 Å². The molecule has 0 atom stereocenters. The summed E-state index contributed by atoms with van der Waals surface area (Å²) in [5, 5.41) is 8.25. The first-order valence-corrected chi connectivity index (χ1v) is 2.11. The summed E-state index contributed by atoms with van der Waals surface area (Å²) in [7, 11) is -3.87. The molecule has 0 fully saturated rings. The van der Waals surface area contributed by atoms with Crippen LogP contribution in [-0.4, -0.2) is 56.2 Å². The van der Waals surface area contributed by atoms with Crippen molar-refractivity contribution in [3.05, 3.63) is 0 Å². The monoisotopic (exact) mass is 260 g/mol. The van der Waals surface area contributed by atoms with E-state index in [-0.39, 0.29) is 48.9 Å². The zero-order valence-electron chi connectivity index (χ0n) is 3.77. The van der Waals surface area contributed by atoms with Crippen LogP contribution in [0.25, 0.3) is 0 Å². The molecule has 0 aliphatic carbocycles. The molecule has 0 rings (SSSR count). The number of hydrogen-bond acceptors (Lipinski definition) is 5. The Labute approximate surface area is 86.7 Å². The van der Waals surface area contributed by atoms with Crippen LogP contribution >= 0.6 is 7.91 Å². The second kappa shape index (κ2) is 15.7. The van der Waals surface area contributed by atoms with E-state index in [1.807, 2.05) is 0 Å². The summed E-state index contributed by atoms with van der Waals surface area (Å²) in [6.07, 6.45) is 0. The first kappa shape index (κ1) is 16.0. The second-order valence-electron chi connectivity index (χ2n) is 0.320. The summed E-state index contributed by atoms with van der Waals surface area (Å²) in [6, 6.07) is 0. The normalized spacial score (nSPS) is 4.12. The van der Waals surface area contributed by atoms with Gasteiger partial charge >= 0.3 is 66.0 Å². The van der Waals surface area contributed by atoms with E-state index in [9.17, 15) is 0 Å². The van der Waals surface area contributed by atoms with Gasteiger partial charge in [-0.1, -0.05) is 0 Å². The van der Waals surface area contributed by atoms with Gasteiger partial charge in [0.2, 0.25) is 7.91 Å². The maximum absolute atomic E-state index is 8.48. The third-order valence-electron chi connectivity index (χ3n) is 0. The van der Waals surface area contributed by atoms with Gasteiger partial charge in [0.25, 0.3) is 0 Å². The summed E-state index contributed by atoms with van der Waals surface area (Å²) in [5.41, 5.74) is 0. The van der Waals surface area contributed by atoms with E-state index in [2.05, 4.69) is 0 Å². The van der Waals surface area contributed by atoms with Gasteiger partial charge in [0.15, 0.2) is 0 Å². The molecule has 0 aromatic rings. The molecule has 0 N–H and O–H groups in total. The Hall–Kier alpha value is 1.10. The Bertz CT molecular complexity index is 88.6. The quantitative estimate of drug-likeness (QED) is 0.350. The molecule has 0 aliphatic rings. The van der Waals surface area contributed by atoms with E-state index in [0.717, 1.165) is 0 Å². The van der Waals surface area contributed by atoms with Crippen molar-refractivity contribution < 1.29 is 23.8 Å². The molecular weight excluding hydrogens is 259 g/mol. The van der Waals surface area contributed by atoms with E-state index in [1.165, 1.54) is 0 Å². The van der Waals surface area contributed by atoms with Crippen molar-refractivity contribution in [1.82, 2.24) is 0 Å². The zero-order chi connectivity index (χ0) is 6.28. The van der Waals surface area contributed by atoms with Crippen LogP contribution in [0.4, 0.5) is 0 Å². The van der Waals surface area contributed by atoms with Crippen molar-refractivity contribution in [2.75, 3.05) is 0 Å². The van der Waals surface area contributed by atoms with Gasteiger partial charge in [-0.2, -0.15) is 0 Å². The number of hydrogen-bond donors (Lipinski definition) is 0. The molecule has 0 radical (unpaired) electrons. The van der Waals surface area contributed by atoms with E-state index >= 15 is 0 Å². The van der Waals surface area contributed by atoms with Crippen LogP contribution in [0, 0.1) is 0 Å².